The summed E-state index contributed by atoms with van der Waals surface area (Å²) in [6, 6.07) is 0. The summed E-state index contributed by atoms with van der Waals surface area (Å²) in [6.07, 6.45) is 0. The van der Waals surface area contributed by atoms with Gasteiger partial charge in [-0.15, -0.1) is 0 Å². The topological polar surface area (TPSA) is 35.5 Å². The van der Waals surface area contributed by atoms with Gasteiger partial charge in [-0.1, -0.05) is 0 Å². The normalized spacial score (nSPS) is 72.7. The Morgan fingerprint density at radius 3 is 2.07 bits per heavy atom. The van der Waals surface area contributed by atoms with Crippen molar-refractivity contribution in [3.05, 3.63) is 0 Å². The first-order valence-electron chi connectivity index (χ1n) is 6.00. The molecule has 0 aromatic carbocycles. The molecule has 0 spiro atoms. The van der Waals surface area contributed by atoms with E-state index in [1.807, 2.05) is 0 Å². The van der Waals surface area contributed by atoms with Crippen LogP contribution in [0.1, 0.15) is 6.92 Å². The number of methoxy groups -OCH3 is 1. The minimum Gasteiger partial charge on any atom is -0.469 e. The molecule has 0 radical (unpaired) electrons. The van der Waals surface area contributed by atoms with E-state index in [-0.39, 0.29) is 17.0 Å². The Hall–Kier alpha value is -0.570. The Morgan fingerprint density at radius 1 is 1.13 bits per heavy atom. The lowest BCUT2D eigenvalue weighted by molar-refractivity contribution is -0.652. The number of rotatable bonds is 3. The lowest BCUT2D eigenvalue weighted by Gasteiger charge is -3.09. The Bertz CT molecular complexity index is 360. The molecule has 0 unspecified atom stereocenters. The van der Waals surface area contributed by atoms with E-state index < -0.39 is 0 Å². The molecule has 6 saturated carbocycles. The van der Waals surface area contributed by atoms with Gasteiger partial charge in [-0.2, -0.15) is 0 Å². The number of carbonyl (C=O) groups is 1. The average molecular weight is 206 g/mol. The van der Waals surface area contributed by atoms with Crippen LogP contribution in [0.3, 0.4) is 0 Å². The van der Waals surface area contributed by atoms with Gasteiger partial charge in [-0.3, -0.25) is 4.79 Å². The molecule has 0 N–H and O–H groups in total. The van der Waals surface area contributed by atoms with Crippen molar-refractivity contribution < 1.29 is 14.3 Å². The molecular formula is C12H14O3. The number of hydrogen-bond donors (Lipinski definition) is 0. The van der Waals surface area contributed by atoms with E-state index >= 15 is 0 Å². The van der Waals surface area contributed by atoms with Crippen molar-refractivity contribution in [1.29, 1.82) is 0 Å². The van der Waals surface area contributed by atoms with Gasteiger partial charge < -0.3 is 9.47 Å². The second-order valence-electron chi connectivity index (χ2n) is 5.87. The quantitative estimate of drug-likeness (QED) is 0.637. The lowest BCUT2D eigenvalue weighted by atomic mass is 8.95. The minimum atomic E-state index is 0.00754. The largest absolute Gasteiger partial charge is 0.469 e. The molecule has 0 atom stereocenters. The first-order valence-corrected chi connectivity index (χ1v) is 6.00. The predicted octanol–water partition coefficient (Wildman–Crippen LogP) is 0.686. The first kappa shape index (κ1) is 7.66. The van der Waals surface area contributed by atoms with Crippen LogP contribution in [0.4, 0.5) is 0 Å². The second kappa shape index (κ2) is 1.65. The fraction of sp³-hybridized carbons (Fsp3) is 0.917. The number of esters is 1. The van der Waals surface area contributed by atoms with Gasteiger partial charge in [0.25, 0.3) is 0 Å². The van der Waals surface area contributed by atoms with Crippen LogP contribution in [-0.2, 0) is 14.3 Å². The monoisotopic (exact) mass is 206 g/mol. The molecule has 15 heavy (non-hydrogen) atoms. The predicted molar refractivity (Wildman–Crippen MR) is 49.7 cm³/mol. The second-order valence-corrected chi connectivity index (χ2v) is 5.87. The highest BCUT2D eigenvalue weighted by Gasteiger charge is 3.12. The third kappa shape index (κ3) is 0.344. The van der Waals surface area contributed by atoms with Gasteiger partial charge in [0.1, 0.15) is 0 Å². The first-order chi connectivity index (χ1) is 7.27. The zero-order chi connectivity index (χ0) is 10.2. The summed E-state index contributed by atoms with van der Waals surface area (Å²) in [7, 11) is 1.53. The van der Waals surface area contributed by atoms with E-state index in [0.717, 1.165) is 24.4 Å². The molecule has 0 aromatic rings. The molecule has 6 fully saturated rings. The molecule has 6 aliphatic carbocycles. The van der Waals surface area contributed by atoms with E-state index in [0.29, 0.717) is 17.8 Å². The number of ether oxygens (including phenoxy) is 2. The summed E-state index contributed by atoms with van der Waals surface area (Å²) in [5, 5.41) is 0. The van der Waals surface area contributed by atoms with E-state index in [2.05, 4.69) is 6.92 Å². The maximum Gasteiger partial charge on any atom is 0.312 e. The molecule has 0 bridgehead atoms. The zero-order valence-corrected chi connectivity index (χ0v) is 8.90. The summed E-state index contributed by atoms with van der Waals surface area (Å²) >= 11 is 0. The summed E-state index contributed by atoms with van der Waals surface area (Å²) in [5.74, 6) is 4.23. The highest BCUT2D eigenvalue weighted by Crippen LogP contribution is 3.07. The molecule has 80 valence electrons. The third-order valence-electron chi connectivity index (χ3n) is 6.47. The third-order valence-corrected chi connectivity index (χ3v) is 6.47. The highest BCUT2D eigenvalue weighted by molar-refractivity contribution is 5.88. The van der Waals surface area contributed by atoms with Gasteiger partial charge in [0.15, 0.2) is 0 Å². The maximum absolute atomic E-state index is 11.8. The Morgan fingerprint density at radius 2 is 1.67 bits per heavy atom. The molecule has 6 rings (SSSR count). The number of hydrogen-bond acceptors (Lipinski definition) is 3. The summed E-state index contributed by atoms with van der Waals surface area (Å²) < 4.78 is 10.9. The zero-order valence-electron chi connectivity index (χ0n) is 8.90. The van der Waals surface area contributed by atoms with Gasteiger partial charge in [0, 0.05) is 6.61 Å². The Labute approximate surface area is 88.1 Å². The molecule has 3 heteroatoms. The minimum absolute atomic E-state index is 0.00754. The van der Waals surface area contributed by atoms with Crippen LogP contribution < -0.4 is 0 Å². The molecule has 6 aliphatic rings. The Kier molecular flexibility index (Phi) is 0.844. The van der Waals surface area contributed by atoms with E-state index in [1.165, 1.54) is 7.11 Å². The summed E-state index contributed by atoms with van der Waals surface area (Å²) in [5.41, 5.74) is 0.276. The fourth-order valence-electron chi connectivity index (χ4n) is 6.55. The molecular weight excluding hydrogens is 192 g/mol. The highest BCUT2D eigenvalue weighted by atomic mass is 16.5. The van der Waals surface area contributed by atoms with Crippen LogP contribution in [0.15, 0.2) is 0 Å². The van der Waals surface area contributed by atoms with Crippen LogP contribution >= 0.6 is 0 Å². The van der Waals surface area contributed by atoms with Crippen molar-refractivity contribution in [3.8, 4) is 0 Å². The van der Waals surface area contributed by atoms with Crippen LogP contribution in [-0.4, -0.2) is 25.3 Å². The molecule has 0 aliphatic heterocycles. The SMILES string of the molecule is CCOC12C3C4C1C1C2C3C41C(=O)OC. The molecule has 0 heterocycles. The molecule has 0 aromatic heterocycles. The summed E-state index contributed by atoms with van der Waals surface area (Å²) in [6.45, 7) is 2.92. The van der Waals surface area contributed by atoms with Gasteiger partial charge in [-0.25, -0.2) is 0 Å². The van der Waals surface area contributed by atoms with Gasteiger partial charge in [0.2, 0.25) is 0 Å². The van der Waals surface area contributed by atoms with Crippen molar-refractivity contribution in [2.45, 2.75) is 12.5 Å². The maximum atomic E-state index is 11.8. The van der Waals surface area contributed by atoms with Gasteiger partial charge in [0.05, 0.1) is 18.1 Å². The Balaban J connectivity index is 1.52. The van der Waals surface area contributed by atoms with Crippen LogP contribution in [0.2, 0.25) is 0 Å². The van der Waals surface area contributed by atoms with E-state index in [4.69, 9.17) is 9.47 Å². The molecule has 3 nitrogen and oxygen atoms in total. The summed E-state index contributed by atoms with van der Waals surface area (Å²) in [4.78, 5) is 11.8. The number of carbonyl (C=O) groups excluding carboxylic acids is 1. The van der Waals surface area contributed by atoms with E-state index in [9.17, 15) is 4.79 Å². The van der Waals surface area contributed by atoms with Gasteiger partial charge in [-0.05, 0) is 42.4 Å². The standard InChI is InChI=1S/C12H14O3/c1-3-15-12-7-4-8(12)6-9(12)5(7)11(4,6)10(13)14-2/h4-9H,3H2,1-2H3. The van der Waals surface area contributed by atoms with Crippen molar-refractivity contribution >= 4 is 5.97 Å². The van der Waals surface area contributed by atoms with Crippen molar-refractivity contribution in [2.24, 2.45) is 40.9 Å². The fourth-order valence-corrected chi connectivity index (χ4v) is 6.55. The lowest BCUT2D eigenvalue weighted by Crippen LogP contribution is -3.14. The van der Waals surface area contributed by atoms with E-state index in [1.54, 1.807) is 0 Å². The van der Waals surface area contributed by atoms with Crippen molar-refractivity contribution in [1.82, 2.24) is 0 Å². The van der Waals surface area contributed by atoms with Crippen LogP contribution in [0.25, 0.3) is 0 Å². The molecule has 0 amide bonds. The van der Waals surface area contributed by atoms with Gasteiger partial charge >= 0.3 is 5.97 Å². The average Bonchev–Trinajstić information content (AvgIpc) is 2.29. The van der Waals surface area contributed by atoms with Crippen LogP contribution in [0, 0.1) is 40.9 Å². The van der Waals surface area contributed by atoms with Crippen molar-refractivity contribution in [2.75, 3.05) is 13.7 Å². The smallest absolute Gasteiger partial charge is 0.312 e. The van der Waals surface area contributed by atoms with Crippen LogP contribution in [0.5, 0.6) is 0 Å². The van der Waals surface area contributed by atoms with Crippen molar-refractivity contribution in [3.63, 3.8) is 0 Å². The molecule has 0 saturated heterocycles.